The standard InChI is InChI=1S/C16H12BrN5O4/c1-26-13-7-6-12(20-21-13)18-8-11-14(23)19-16(25)22(15(11)24)10-4-2-9(17)3-5-10/h2-8,11H,1H3,(H,19,23,25)/t11-/m1/s1. The average Bonchev–Trinajstić information content (AvgIpc) is 2.63. The highest BCUT2D eigenvalue weighted by molar-refractivity contribution is 9.10. The number of methoxy groups -OCH3 is 1. The number of anilines is 1. The number of nitrogens with zero attached hydrogens (tertiary/aromatic N) is 4. The van der Waals surface area contributed by atoms with Crippen LogP contribution in [0.2, 0.25) is 0 Å². The van der Waals surface area contributed by atoms with Crippen LogP contribution in [0.4, 0.5) is 16.3 Å². The van der Waals surface area contributed by atoms with Crippen molar-refractivity contribution in [2.75, 3.05) is 12.0 Å². The number of aromatic nitrogens is 2. The summed E-state index contributed by atoms with van der Waals surface area (Å²) in [5.41, 5.74) is 0.339. The van der Waals surface area contributed by atoms with Gasteiger partial charge in [-0.15, -0.1) is 10.2 Å². The van der Waals surface area contributed by atoms with E-state index in [2.05, 4.69) is 36.4 Å². The molecule has 1 fully saturated rings. The monoisotopic (exact) mass is 417 g/mol. The van der Waals surface area contributed by atoms with E-state index in [1.807, 2.05) is 0 Å². The number of carbonyl (C=O) groups is 3. The molecular formula is C16H12BrN5O4. The molecule has 10 heteroatoms. The molecule has 132 valence electrons. The van der Waals surface area contributed by atoms with Gasteiger partial charge in [0.25, 0.3) is 5.91 Å². The van der Waals surface area contributed by atoms with Crippen molar-refractivity contribution in [1.29, 1.82) is 0 Å². The first-order chi connectivity index (χ1) is 12.5. The number of hydrogen-bond donors (Lipinski definition) is 1. The van der Waals surface area contributed by atoms with E-state index in [1.54, 1.807) is 30.3 Å². The molecule has 9 nitrogen and oxygen atoms in total. The summed E-state index contributed by atoms with van der Waals surface area (Å²) in [6.45, 7) is 0. The van der Waals surface area contributed by atoms with E-state index in [4.69, 9.17) is 4.74 Å². The van der Waals surface area contributed by atoms with Gasteiger partial charge in [-0.05, 0) is 30.3 Å². The zero-order chi connectivity index (χ0) is 18.7. The van der Waals surface area contributed by atoms with Crippen LogP contribution in [0.25, 0.3) is 0 Å². The van der Waals surface area contributed by atoms with E-state index in [1.165, 1.54) is 13.2 Å². The van der Waals surface area contributed by atoms with Crippen molar-refractivity contribution in [3.05, 3.63) is 40.9 Å². The van der Waals surface area contributed by atoms with E-state index in [-0.39, 0.29) is 5.82 Å². The van der Waals surface area contributed by atoms with Crippen LogP contribution < -0.4 is 15.0 Å². The minimum absolute atomic E-state index is 0.193. The fourth-order valence-corrected chi connectivity index (χ4v) is 2.46. The second-order valence-corrected chi connectivity index (χ2v) is 6.05. The Bertz CT molecular complexity index is 883. The second-order valence-electron chi connectivity index (χ2n) is 5.13. The summed E-state index contributed by atoms with van der Waals surface area (Å²) in [6, 6.07) is 8.79. The minimum atomic E-state index is -1.26. The molecular weight excluding hydrogens is 406 g/mol. The Morgan fingerprint density at radius 3 is 2.50 bits per heavy atom. The number of imide groups is 2. The van der Waals surface area contributed by atoms with Crippen LogP contribution >= 0.6 is 15.9 Å². The average molecular weight is 418 g/mol. The van der Waals surface area contributed by atoms with Crippen molar-refractivity contribution in [1.82, 2.24) is 15.5 Å². The lowest BCUT2D eigenvalue weighted by atomic mass is 10.1. The predicted molar refractivity (Wildman–Crippen MR) is 95.4 cm³/mol. The van der Waals surface area contributed by atoms with Gasteiger partial charge in [-0.25, -0.2) is 14.7 Å². The van der Waals surface area contributed by atoms with Gasteiger partial charge in [0.05, 0.1) is 12.8 Å². The minimum Gasteiger partial charge on any atom is -0.480 e. The lowest BCUT2D eigenvalue weighted by molar-refractivity contribution is -0.131. The molecule has 1 saturated heterocycles. The number of halogens is 1. The molecule has 1 aromatic carbocycles. The zero-order valence-electron chi connectivity index (χ0n) is 13.4. The Morgan fingerprint density at radius 1 is 1.15 bits per heavy atom. The molecule has 0 aliphatic carbocycles. The van der Waals surface area contributed by atoms with Gasteiger partial charge in [-0.1, -0.05) is 15.9 Å². The molecule has 3 rings (SSSR count). The smallest absolute Gasteiger partial charge is 0.335 e. The van der Waals surface area contributed by atoms with Crippen LogP contribution in [-0.4, -0.2) is 41.4 Å². The van der Waals surface area contributed by atoms with Gasteiger partial charge >= 0.3 is 6.03 Å². The molecule has 1 aliphatic rings. The second kappa shape index (κ2) is 7.40. The van der Waals surface area contributed by atoms with E-state index in [0.29, 0.717) is 11.6 Å². The summed E-state index contributed by atoms with van der Waals surface area (Å²) in [4.78, 5) is 41.6. The number of carbonyl (C=O) groups excluding carboxylic acids is 3. The molecule has 0 radical (unpaired) electrons. The Kier molecular flexibility index (Phi) is 5.03. The maximum Gasteiger partial charge on any atom is 0.335 e. The number of urea groups is 1. The van der Waals surface area contributed by atoms with Crippen molar-refractivity contribution in [3.8, 4) is 5.88 Å². The maximum absolute atomic E-state index is 12.6. The highest BCUT2D eigenvalue weighted by Gasteiger charge is 2.40. The third-order valence-electron chi connectivity index (χ3n) is 3.48. The molecule has 0 spiro atoms. The lowest BCUT2D eigenvalue weighted by Crippen LogP contribution is -2.58. The normalized spacial score (nSPS) is 17.5. The van der Waals surface area contributed by atoms with E-state index in [0.717, 1.165) is 15.6 Å². The maximum atomic E-state index is 12.6. The van der Waals surface area contributed by atoms with Gasteiger partial charge in [0.2, 0.25) is 11.8 Å². The summed E-state index contributed by atoms with van der Waals surface area (Å²) >= 11 is 3.28. The molecule has 0 saturated carbocycles. The largest absolute Gasteiger partial charge is 0.480 e. The molecule has 1 N–H and O–H groups in total. The zero-order valence-corrected chi connectivity index (χ0v) is 15.0. The molecule has 0 bridgehead atoms. The number of nitrogens with one attached hydrogen (secondary N) is 1. The SMILES string of the molecule is COc1ccc(N=C[C@@H]2C(=O)NC(=O)N(c3ccc(Br)cc3)C2=O)nn1. The number of benzene rings is 1. The van der Waals surface area contributed by atoms with Crippen molar-refractivity contribution < 1.29 is 19.1 Å². The van der Waals surface area contributed by atoms with Crippen LogP contribution in [-0.2, 0) is 9.59 Å². The van der Waals surface area contributed by atoms with Crippen LogP contribution in [0.5, 0.6) is 5.88 Å². The number of hydrogen-bond acceptors (Lipinski definition) is 7. The Hall–Kier alpha value is -3.14. The summed E-state index contributed by atoms with van der Waals surface area (Å²) < 4.78 is 5.68. The summed E-state index contributed by atoms with van der Waals surface area (Å²) in [7, 11) is 1.45. The van der Waals surface area contributed by atoms with Crippen LogP contribution in [0.3, 0.4) is 0 Å². The number of aliphatic imine (C=N–C) groups is 1. The highest BCUT2D eigenvalue weighted by atomic mass is 79.9. The quantitative estimate of drug-likeness (QED) is 0.599. The third kappa shape index (κ3) is 3.59. The fourth-order valence-electron chi connectivity index (χ4n) is 2.20. The molecule has 4 amide bonds. The first-order valence-corrected chi connectivity index (χ1v) is 8.15. The Labute approximate surface area is 156 Å². The van der Waals surface area contributed by atoms with Gasteiger partial charge in [0.1, 0.15) is 0 Å². The van der Waals surface area contributed by atoms with E-state index < -0.39 is 23.8 Å². The first kappa shape index (κ1) is 17.7. The molecule has 2 aromatic rings. The van der Waals surface area contributed by atoms with Gasteiger partial charge in [-0.3, -0.25) is 14.9 Å². The van der Waals surface area contributed by atoms with Crippen LogP contribution in [0.1, 0.15) is 0 Å². The number of amides is 4. The molecule has 1 atom stereocenters. The molecule has 0 unspecified atom stereocenters. The van der Waals surface area contributed by atoms with Crippen molar-refractivity contribution >= 4 is 51.5 Å². The lowest BCUT2D eigenvalue weighted by Gasteiger charge is -2.28. The fraction of sp³-hybridized carbons (Fsp3) is 0.125. The number of rotatable bonds is 4. The van der Waals surface area contributed by atoms with E-state index in [9.17, 15) is 14.4 Å². The topological polar surface area (TPSA) is 114 Å². The van der Waals surface area contributed by atoms with Gasteiger partial charge < -0.3 is 4.74 Å². The van der Waals surface area contributed by atoms with Gasteiger partial charge in [0.15, 0.2) is 11.7 Å². The van der Waals surface area contributed by atoms with Gasteiger partial charge in [-0.2, -0.15) is 0 Å². The van der Waals surface area contributed by atoms with Gasteiger partial charge in [0, 0.05) is 16.8 Å². The van der Waals surface area contributed by atoms with Crippen molar-refractivity contribution in [2.24, 2.45) is 10.9 Å². The van der Waals surface area contributed by atoms with Crippen molar-refractivity contribution in [3.63, 3.8) is 0 Å². The predicted octanol–water partition coefficient (Wildman–Crippen LogP) is 1.85. The molecule has 2 heterocycles. The molecule has 1 aromatic heterocycles. The van der Waals surface area contributed by atoms with E-state index >= 15 is 0 Å². The molecule has 1 aliphatic heterocycles. The third-order valence-corrected chi connectivity index (χ3v) is 4.01. The van der Waals surface area contributed by atoms with Crippen LogP contribution in [0.15, 0.2) is 45.9 Å². The number of barbiturate groups is 1. The first-order valence-electron chi connectivity index (χ1n) is 7.36. The number of ether oxygens (including phenoxy) is 1. The molecule has 26 heavy (non-hydrogen) atoms. The Balaban J connectivity index is 1.84. The van der Waals surface area contributed by atoms with Crippen LogP contribution in [0, 0.1) is 5.92 Å². The summed E-state index contributed by atoms with van der Waals surface area (Å²) in [5.74, 6) is -2.22. The summed E-state index contributed by atoms with van der Waals surface area (Å²) in [5, 5.41) is 9.67. The van der Waals surface area contributed by atoms with Crippen molar-refractivity contribution in [2.45, 2.75) is 0 Å². The highest BCUT2D eigenvalue weighted by Crippen LogP contribution is 2.22. The Morgan fingerprint density at radius 2 is 1.88 bits per heavy atom. The summed E-state index contributed by atoms with van der Waals surface area (Å²) in [6.07, 6.45) is 1.13.